The van der Waals surface area contributed by atoms with E-state index in [4.69, 9.17) is 30.2 Å². The van der Waals surface area contributed by atoms with Crippen molar-refractivity contribution in [3.05, 3.63) is 40.8 Å². The number of aryl methyl sites for hydroxylation is 1. The summed E-state index contributed by atoms with van der Waals surface area (Å²) in [6, 6.07) is 4.86. The minimum atomic E-state index is -0.249. The van der Waals surface area contributed by atoms with Crippen molar-refractivity contribution in [2.24, 2.45) is 0 Å². The molecular formula is C19H20O6. The van der Waals surface area contributed by atoms with Gasteiger partial charge < -0.3 is 23.7 Å². The first-order chi connectivity index (χ1) is 12.1. The van der Waals surface area contributed by atoms with Gasteiger partial charge in [0, 0.05) is 6.42 Å². The van der Waals surface area contributed by atoms with Crippen molar-refractivity contribution in [3.8, 4) is 29.6 Å². The third-order valence-electron chi connectivity index (χ3n) is 3.77. The highest BCUT2D eigenvalue weighted by Crippen LogP contribution is 2.42. The smallest absolute Gasteiger partial charge is 0.204 e. The summed E-state index contributed by atoms with van der Waals surface area (Å²) >= 11 is 0. The van der Waals surface area contributed by atoms with E-state index in [1.54, 1.807) is 18.2 Å². The van der Waals surface area contributed by atoms with E-state index in [1.165, 1.54) is 21.3 Å². The molecule has 0 amide bonds. The zero-order valence-corrected chi connectivity index (χ0v) is 14.4. The molecule has 2 rings (SSSR count). The second-order valence-electron chi connectivity index (χ2n) is 5.17. The maximum absolute atomic E-state index is 12.3. The SMILES string of the molecule is C#Cc1c(CCC(=O)c2ccc(CO)o2)cc(OC)c(OC)c1OC. The minimum absolute atomic E-state index is 0.184. The van der Waals surface area contributed by atoms with Crippen molar-refractivity contribution in [1.82, 2.24) is 0 Å². The molecule has 0 aliphatic carbocycles. The maximum atomic E-state index is 12.3. The summed E-state index contributed by atoms with van der Waals surface area (Å²) in [4.78, 5) is 12.3. The summed E-state index contributed by atoms with van der Waals surface area (Å²) in [6.45, 7) is -0.249. The Labute approximate surface area is 146 Å². The molecule has 1 aromatic heterocycles. The van der Waals surface area contributed by atoms with E-state index in [0.717, 1.165) is 5.56 Å². The Morgan fingerprint density at radius 3 is 2.44 bits per heavy atom. The van der Waals surface area contributed by atoms with Crippen LogP contribution in [0.25, 0.3) is 0 Å². The van der Waals surface area contributed by atoms with Gasteiger partial charge in [-0.25, -0.2) is 0 Å². The molecule has 0 radical (unpaired) electrons. The first kappa shape index (κ1) is 18.4. The normalized spacial score (nSPS) is 10.2. The number of ether oxygens (including phenoxy) is 3. The molecule has 0 unspecified atom stereocenters. The number of terminal acetylenes is 1. The lowest BCUT2D eigenvalue weighted by Gasteiger charge is -2.16. The number of Topliss-reactive ketones (excluding diaryl/α,β-unsaturated/α-hetero) is 1. The highest BCUT2D eigenvalue weighted by molar-refractivity contribution is 5.93. The monoisotopic (exact) mass is 344 g/mol. The number of aliphatic hydroxyl groups excluding tert-OH is 1. The second kappa shape index (κ2) is 8.27. The summed E-state index contributed by atoms with van der Waals surface area (Å²) in [5.41, 5.74) is 1.25. The predicted octanol–water partition coefficient (Wildman–Crippen LogP) is 2.59. The summed E-state index contributed by atoms with van der Waals surface area (Å²) in [7, 11) is 4.51. The highest BCUT2D eigenvalue weighted by atomic mass is 16.5. The van der Waals surface area contributed by atoms with Crippen molar-refractivity contribution >= 4 is 5.78 Å². The Bertz CT molecular complexity index is 797. The number of ketones is 1. The molecule has 6 heteroatoms. The van der Waals surface area contributed by atoms with Crippen LogP contribution >= 0.6 is 0 Å². The maximum Gasteiger partial charge on any atom is 0.204 e. The summed E-state index contributed by atoms with van der Waals surface area (Å²) in [5, 5.41) is 9.01. The number of benzene rings is 1. The number of rotatable bonds is 8. The minimum Gasteiger partial charge on any atom is -0.493 e. The average Bonchev–Trinajstić information content (AvgIpc) is 3.13. The van der Waals surface area contributed by atoms with Gasteiger partial charge in [-0.05, 0) is 30.2 Å². The summed E-state index contributed by atoms with van der Waals surface area (Å²) < 4.78 is 21.3. The van der Waals surface area contributed by atoms with Crippen LogP contribution in [0.15, 0.2) is 22.6 Å². The Morgan fingerprint density at radius 1 is 1.20 bits per heavy atom. The van der Waals surface area contributed by atoms with Crippen LogP contribution in [0.1, 0.15) is 33.9 Å². The molecule has 0 saturated heterocycles. The molecule has 0 fully saturated rings. The zero-order valence-electron chi connectivity index (χ0n) is 14.4. The van der Waals surface area contributed by atoms with Crippen molar-refractivity contribution in [2.75, 3.05) is 21.3 Å². The Morgan fingerprint density at radius 2 is 1.92 bits per heavy atom. The first-order valence-electron chi connectivity index (χ1n) is 7.60. The lowest BCUT2D eigenvalue weighted by molar-refractivity contribution is 0.0951. The molecule has 6 nitrogen and oxygen atoms in total. The third kappa shape index (κ3) is 3.78. The number of hydrogen-bond donors (Lipinski definition) is 1. The van der Waals surface area contributed by atoms with Gasteiger partial charge in [0.15, 0.2) is 23.0 Å². The predicted molar refractivity (Wildman–Crippen MR) is 91.3 cm³/mol. The van der Waals surface area contributed by atoms with Crippen LogP contribution in [-0.4, -0.2) is 32.2 Å². The van der Waals surface area contributed by atoms with Crippen LogP contribution in [0.5, 0.6) is 17.2 Å². The number of aliphatic hydroxyl groups is 1. The molecule has 132 valence electrons. The number of methoxy groups -OCH3 is 3. The van der Waals surface area contributed by atoms with Gasteiger partial charge in [0.05, 0.1) is 26.9 Å². The standard InChI is InChI=1S/C19H20O6/c1-5-14-12(10-17(22-2)19(24-4)18(14)23-3)6-8-15(21)16-9-7-13(11-20)25-16/h1,7,9-10,20H,6,8,11H2,2-4H3. The molecule has 0 aliphatic heterocycles. The molecule has 0 aliphatic rings. The number of carbonyl (C=O) groups excluding carboxylic acids is 1. The molecule has 1 N–H and O–H groups in total. The molecule has 0 bridgehead atoms. The van der Waals surface area contributed by atoms with Crippen LogP contribution in [-0.2, 0) is 13.0 Å². The highest BCUT2D eigenvalue weighted by Gasteiger charge is 2.20. The fraction of sp³-hybridized carbons (Fsp3) is 0.316. The van der Waals surface area contributed by atoms with Gasteiger partial charge in [-0.3, -0.25) is 4.79 Å². The van der Waals surface area contributed by atoms with Crippen LogP contribution in [0.3, 0.4) is 0 Å². The van der Waals surface area contributed by atoms with E-state index < -0.39 is 0 Å². The largest absolute Gasteiger partial charge is 0.493 e. The summed E-state index contributed by atoms with van der Waals surface area (Å²) in [6.07, 6.45) is 6.19. The molecule has 0 atom stereocenters. The fourth-order valence-electron chi connectivity index (χ4n) is 2.55. The van der Waals surface area contributed by atoms with E-state index in [1.807, 2.05) is 0 Å². The molecule has 2 aromatic rings. The van der Waals surface area contributed by atoms with E-state index in [0.29, 0.717) is 35.0 Å². The van der Waals surface area contributed by atoms with Gasteiger partial charge in [0.1, 0.15) is 12.4 Å². The average molecular weight is 344 g/mol. The van der Waals surface area contributed by atoms with Gasteiger partial charge in [0.25, 0.3) is 0 Å². The topological polar surface area (TPSA) is 78.1 Å². The second-order valence-corrected chi connectivity index (χ2v) is 5.17. The van der Waals surface area contributed by atoms with Gasteiger partial charge in [-0.2, -0.15) is 0 Å². The van der Waals surface area contributed by atoms with E-state index in [9.17, 15) is 4.79 Å². The zero-order chi connectivity index (χ0) is 18.4. The molecule has 1 heterocycles. The van der Waals surface area contributed by atoms with Gasteiger partial charge >= 0.3 is 0 Å². The molecular weight excluding hydrogens is 324 g/mol. The van der Waals surface area contributed by atoms with Crippen LogP contribution in [0, 0.1) is 12.3 Å². The van der Waals surface area contributed by atoms with Crippen molar-refractivity contribution < 1.29 is 28.5 Å². The van der Waals surface area contributed by atoms with Crippen molar-refractivity contribution in [3.63, 3.8) is 0 Å². The lowest BCUT2D eigenvalue weighted by atomic mass is 9.99. The van der Waals surface area contributed by atoms with Crippen LogP contribution < -0.4 is 14.2 Å². The van der Waals surface area contributed by atoms with Gasteiger partial charge in [0.2, 0.25) is 5.75 Å². The fourth-order valence-corrected chi connectivity index (χ4v) is 2.55. The van der Waals surface area contributed by atoms with Crippen molar-refractivity contribution in [1.29, 1.82) is 0 Å². The molecule has 25 heavy (non-hydrogen) atoms. The Kier molecular flexibility index (Phi) is 6.09. The van der Waals surface area contributed by atoms with Gasteiger partial charge in [-0.15, -0.1) is 6.42 Å². The van der Waals surface area contributed by atoms with Crippen molar-refractivity contribution in [2.45, 2.75) is 19.4 Å². The molecule has 0 saturated carbocycles. The number of carbonyl (C=O) groups is 1. The number of furan rings is 1. The van der Waals surface area contributed by atoms with Crippen LogP contribution in [0.4, 0.5) is 0 Å². The van der Waals surface area contributed by atoms with Gasteiger partial charge in [-0.1, -0.05) is 5.92 Å². The summed E-state index contributed by atoms with van der Waals surface area (Å²) in [5.74, 6) is 4.24. The molecule has 0 spiro atoms. The lowest BCUT2D eigenvalue weighted by Crippen LogP contribution is -2.04. The van der Waals surface area contributed by atoms with E-state index in [2.05, 4.69) is 5.92 Å². The van der Waals surface area contributed by atoms with Crippen LogP contribution in [0.2, 0.25) is 0 Å². The third-order valence-corrected chi connectivity index (χ3v) is 3.77. The van der Waals surface area contributed by atoms with E-state index >= 15 is 0 Å². The first-order valence-corrected chi connectivity index (χ1v) is 7.60. The molecule has 1 aromatic carbocycles. The quantitative estimate of drug-likeness (QED) is 0.586. The number of hydrogen-bond acceptors (Lipinski definition) is 6. The Balaban J connectivity index is 2.29. The van der Waals surface area contributed by atoms with E-state index in [-0.39, 0.29) is 24.6 Å². The Hall–Kier alpha value is -2.91.